The average Bonchev–Trinajstić information content (AvgIpc) is 2.67. The van der Waals surface area contributed by atoms with Gasteiger partial charge in [0.15, 0.2) is 0 Å². The van der Waals surface area contributed by atoms with Crippen molar-refractivity contribution in [2.45, 2.75) is 6.42 Å². The number of carboxylic acid groups (broad SMARTS) is 1. The molecule has 0 radical (unpaired) electrons. The second-order valence-corrected chi connectivity index (χ2v) is 3.36. The van der Waals surface area contributed by atoms with Crippen molar-refractivity contribution in [3.8, 4) is 11.3 Å². The number of aliphatic carboxylic acids is 1. The van der Waals surface area contributed by atoms with E-state index in [1.807, 2.05) is 36.4 Å². The van der Waals surface area contributed by atoms with Gasteiger partial charge in [-0.15, -0.1) is 0 Å². The average molecular weight is 201 g/mol. The number of aromatic nitrogens is 1. The van der Waals surface area contributed by atoms with Crippen molar-refractivity contribution < 1.29 is 9.90 Å². The molecule has 3 nitrogen and oxygen atoms in total. The summed E-state index contributed by atoms with van der Waals surface area (Å²) in [6, 6.07) is 11.7. The molecule has 0 bridgehead atoms. The Morgan fingerprint density at radius 2 is 2.00 bits per heavy atom. The fraction of sp³-hybridized carbons (Fsp3) is 0.0833. The predicted octanol–water partition coefficient (Wildman–Crippen LogP) is 2.31. The summed E-state index contributed by atoms with van der Waals surface area (Å²) in [7, 11) is 0. The monoisotopic (exact) mass is 201 g/mol. The number of nitrogens with one attached hydrogen (secondary N) is 1. The summed E-state index contributed by atoms with van der Waals surface area (Å²) in [6.45, 7) is 0. The highest BCUT2D eigenvalue weighted by Crippen LogP contribution is 2.18. The minimum absolute atomic E-state index is 0.0589. The highest BCUT2D eigenvalue weighted by molar-refractivity contribution is 5.71. The Hall–Kier alpha value is -2.03. The fourth-order valence-electron chi connectivity index (χ4n) is 1.50. The first kappa shape index (κ1) is 9.52. The normalized spacial score (nSPS) is 10.1. The smallest absolute Gasteiger partial charge is 0.307 e. The zero-order valence-corrected chi connectivity index (χ0v) is 8.10. The Bertz CT molecular complexity index is 459. The molecule has 0 saturated heterocycles. The van der Waals surface area contributed by atoms with E-state index in [1.165, 1.54) is 0 Å². The van der Waals surface area contributed by atoms with E-state index in [1.54, 1.807) is 6.20 Å². The van der Waals surface area contributed by atoms with E-state index in [0.717, 1.165) is 16.8 Å². The third-order valence-electron chi connectivity index (χ3n) is 2.18. The first-order valence-corrected chi connectivity index (χ1v) is 4.70. The summed E-state index contributed by atoms with van der Waals surface area (Å²) in [5, 5.41) is 8.63. The molecule has 0 fully saturated rings. The summed E-state index contributed by atoms with van der Waals surface area (Å²) in [5.41, 5.74) is 2.81. The lowest BCUT2D eigenvalue weighted by molar-refractivity contribution is -0.136. The van der Waals surface area contributed by atoms with Gasteiger partial charge in [-0.25, -0.2) is 0 Å². The molecule has 3 heteroatoms. The van der Waals surface area contributed by atoms with Crippen molar-refractivity contribution in [1.29, 1.82) is 0 Å². The molecule has 1 aromatic heterocycles. The molecule has 0 spiro atoms. The van der Waals surface area contributed by atoms with E-state index in [-0.39, 0.29) is 6.42 Å². The van der Waals surface area contributed by atoms with Gasteiger partial charge in [0.25, 0.3) is 0 Å². The Labute approximate surface area is 87.4 Å². The summed E-state index contributed by atoms with van der Waals surface area (Å²) >= 11 is 0. The van der Waals surface area contributed by atoms with Crippen LogP contribution in [0.15, 0.2) is 42.6 Å². The highest BCUT2D eigenvalue weighted by Gasteiger charge is 2.04. The van der Waals surface area contributed by atoms with Crippen molar-refractivity contribution in [3.63, 3.8) is 0 Å². The molecule has 0 unspecified atom stereocenters. The zero-order chi connectivity index (χ0) is 10.7. The van der Waals surface area contributed by atoms with Gasteiger partial charge < -0.3 is 10.1 Å². The number of rotatable bonds is 3. The highest BCUT2D eigenvalue weighted by atomic mass is 16.4. The van der Waals surface area contributed by atoms with Crippen molar-refractivity contribution in [2.24, 2.45) is 0 Å². The van der Waals surface area contributed by atoms with Crippen LogP contribution in [0.3, 0.4) is 0 Å². The lowest BCUT2D eigenvalue weighted by atomic mass is 10.1. The molecule has 0 saturated carbocycles. The molecule has 2 rings (SSSR count). The van der Waals surface area contributed by atoms with E-state index in [4.69, 9.17) is 5.11 Å². The fourth-order valence-corrected chi connectivity index (χ4v) is 1.50. The van der Waals surface area contributed by atoms with E-state index < -0.39 is 5.97 Å². The first-order chi connectivity index (χ1) is 7.25. The summed E-state index contributed by atoms with van der Waals surface area (Å²) < 4.78 is 0. The van der Waals surface area contributed by atoms with Crippen LogP contribution in [0, 0.1) is 0 Å². The van der Waals surface area contributed by atoms with Gasteiger partial charge in [-0.1, -0.05) is 30.3 Å². The van der Waals surface area contributed by atoms with Crippen LogP contribution in [0.25, 0.3) is 11.3 Å². The van der Waals surface area contributed by atoms with Crippen LogP contribution in [0.5, 0.6) is 0 Å². The Morgan fingerprint density at radius 3 is 2.67 bits per heavy atom. The molecule has 0 aliphatic rings. The van der Waals surface area contributed by atoms with Gasteiger partial charge >= 0.3 is 5.97 Å². The largest absolute Gasteiger partial charge is 0.481 e. The molecule has 15 heavy (non-hydrogen) atoms. The molecule has 76 valence electrons. The van der Waals surface area contributed by atoms with E-state index in [2.05, 4.69) is 4.98 Å². The van der Waals surface area contributed by atoms with Crippen molar-refractivity contribution >= 4 is 5.97 Å². The van der Waals surface area contributed by atoms with Crippen LogP contribution in [-0.4, -0.2) is 16.1 Å². The van der Waals surface area contributed by atoms with Crippen molar-refractivity contribution in [2.75, 3.05) is 0 Å². The summed E-state index contributed by atoms with van der Waals surface area (Å²) in [5.74, 6) is -0.811. The number of hydrogen-bond acceptors (Lipinski definition) is 1. The number of hydrogen-bond donors (Lipinski definition) is 2. The van der Waals surface area contributed by atoms with Crippen molar-refractivity contribution in [3.05, 3.63) is 48.2 Å². The second kappa shape index (κ2) is 4.00. The topological polar surface area (TPSA) is 53.1 Å². The number of H-pyrrole nitrogens is 1. The van der Waals surface area contributed by atoms with E-state index in [0.29, 0.717) is 0 Å². The Balaban J connectivity index is 2.24. The molecular formula is C12H11NO2. The third kappa shape index (κ3) is 2.26. The van der Waals surface area contributed by atoms with Crippen LogP contribution < -0.4 is 0 Å². The number of carboxylic acids is 1. The summed E-state index contributed by atoms with van der Waals surface area (Å²) in [4.78, 5) is 13.6. The van der Waals surface area contributed by atoms with Crippen LogP contribution in [-0.2, 0) is 11.2 Å². The quantitative estimate of drug-likeness (QED) is 0.800. The maximum atomic E-state index is 10.5. The number of benzene rings is 1. The van der Waals surface area contributed by atoms with Gasteiger partial charge in [0, 0.05) is 11.9 Å². The molecule has 0 aliphatic carbocycles. The summed E-state index contributed by atoms with van der Waals surface area (Å²) in [6.07, 6.45) is 1.79. The molecule has 0 amide bonds. The minimum Gasteiger partial charge on any atom is -0.481 e. The molecule has 2 N–H and O–H groups in total. The van der Waals surface area contributed by atoms with E-state index >= 15 is 0 Å². The molecule has 2 aromatic rings. The van der Waals surface area contributed by atoms with Gasteiger partial charge in [-0.3, -0.25) is 4.79 Å². The minimum atomic E-state index is -0.811. The van der Waals surface area contributed by atoms with Crippen LogP contribution in [0.4, 0.5) is 0 Å². The van der Waals surface area contributed by atoms with Crippen LogP contribution in [0.2, 0.25) is 0 Å². The lowest BCUT2D eigenvalue weighted by Gasteiger charge is -1.95. The Morgan fingerprint density at radius 1 is 1.27 bits per heavy atom. The predicted molar refractivity (Wildman–Crippen MR) is 57.6 cm³/mol. The standard InChI is InChI=1S/C12H11NO2/c14-12(15)7-9-6-11(13-8-9)10-4-2-1-3-5-10/h1-6,8,13H,7H2,(H,14,15). The molecular weight excluding hydrogens is 190 g/mol. The Kier molecular flexibility index (Phi) is 2.54. The maximum Gasteiger partial charge on any atom is 0.307 e. The lowest BCUT2D eigenvalue weighted by Crippen LogP contribution is -1.97. The molecule has 0 aliphatic heterocycles. The van der Waals surface area contributed by atoms with Crippen LogP contribution in [0.1, 0.15) is 5.56 Å². The van der Waals surface area contributed by atoms with Crippen LogP contribution >= 0.6 is 0 Å². The van der Waals surface area contributed by atoms with Gasteiger partial charge in [0.2, 0.25) is 0 Å². The second-order valence-electron chi connectivity index (χ2n) is 3.36. The number of carbonyl (C=O) groups is 1. The SMILES string of the molecule is O=C(O)Cc1c[nH]c(-c2ccccc2)c1. The molecule has 1 heterocycles. The molecule has 0 atom stereocenters. The molecule has 1 aromatic carbocycles. The first-order valence-electron chi connectivity index (χ1n) is 4.70. The van der Waals surface area contributed by atoms with Gasteiger partial charge in [0.1, 0.15) is 0 Å². The number of aromatic amines is 1. The maximum absolute atomic E-state index is 10.5. The van der Waals surface area contributed by atoms with Crippen molar-refractivity contribution in [1.82, 2.24) is 4.98 Å². The van der Waals surface area contributed by atoms with Gasteiger partial charge in [-0.2, -0.15) is 0 Å². The van der Waals surface area contributed by atoms with Gasteiger partial charge in [-0.05, 0) is 17.2 Å². The zero-order valence-electron chi connectivity index (χ0n) is 8.10. The third-order valence-corrected chi connectivity index (χ3v) is 2.18. The van der Waals surface area contributed by atoms with Gasteiger partial charge in [0.05, 0.1) is 6.42 Å². The van der Waals surface area contributed by atoms with E-state index in [9.17, 15) is 4.79 Å².